The SMILES string of the molecule is COC(CN)C(=O)Nc1cccc(C#N)c1. The molecule has 1 aromatic rings. The van der Waals surface area contributed by atoms with E-state index >= 15 is 0 Å². The molecule has 1 amide bonds. The second kappa shape index (κ2) is 5.85. The summed E-state index contributed by atoms with van der Waals surface area (Å²) in [4.78, 5) is 11.6. The molecule has 0 aliphatic rings. The van der Waals surface area contributed by atoms with Gasteiger partial charge in [-0.25, -0.2) is 0 Å². The third-order valence-corrected chi connectivity index (χ3v) is 2.05. The first-order valence-corrected chi connectivity index (χ1v) is 4.75. The first kappa shape index (κ1) is 12.2. The van der Waals surface area contributed by atoms with Gasteiger partial charge in [-0.1, -0.05) is 6.07 Å². The Bertz CT molecular complexity index is 408. The Morgan fingerprint density at radius 2 is 2.44 bits per heavy atom. The van der Waals surface area contributed by atoms with E-state index in [1.165, 1.54) is 7.11 Å². The molecule has 0 heterocycles. The van der Waals surface area contributed by atoms with Crippen LogP contribution in [-0.4, -0.2) is 25.7 Å². The Kier molecular flexibility index (Phi) is 4.45. The minimum Gasteiger partial charge on any atom is -0.370 e. The number of ether oxygens (including phenoxy) is 1. The molecule has 5 nitrogen and oxygen atoms in total. The molecule has 5 heteroatoms. The Morgan fingerprint density at radius 3 is 3.00 bits per heavy atom. The van der Waals surface area contributed by atoms with Crippen LogP contribution in [0, 0.1) is 11.3 Å². The van der Waals surface area contributed by atoms with Gasteiger partial charge in [0.2, 0.25) is 0 Å². The van der Waals surface area contributed by atoms with Gasteiger partial charge >= 0.3 is 0 Å². The highest BCUT2D eigenvalue weighted by Gasteiger charge is 2.15. The van der Waals surface area contributed by atoms with Crippen LogP contribution < -0.4 is 11.1 Å². The number of carbonyl (C=O) groups excluding carboxylic acids is 1. The summed E-state index contributed by atoms with van der Waals surface area (Å²) in [6.07, 6.45) is -0.675. The first-order valence-electron chi connectivity index (χ1n) is 4.75. The Labute approximate surface area is 93.8 Å². The number of nitrogens with one attached hydrogen (secondary N) is 1. The van der Waals surface area contributed by atoms with Crippen molar-refractivity contribution in [1.29, 1.82) is 5.26 Å². The average molecular weight is 219 g/mol. The van der Waals surface area contributed by atoms with Crippen LogP contribution in [0.3, 0.4) is 0 Å². The molecule has 0 aliphatic heterocycles. The van der Waals surface area contributed by atoms with E-state index in [-0.39, 0.29) is 12.5 Å². The monoisotopic (exact) mass is 219 g/mol. The van der Waals surface area contributed by atoms with Crippen LogP contribution in [0.1, 0.15) is 5.56 Å². The van der Waals surface area contributed by atoms with Crippen molar-refractivity contribution in [1.82, 2.24) is 0 Å². The Morgan fingerprint density at radius 1 is 1.69 bits per heavy atom. The average Bonchev–Trinajstić information content (AvgIpc) is 2.31. The molecule has 0 bridgehead atoms. The summed E-state index contributed by atoms with van der Waals surface area (Å²) in [7, 11) is 1.42. The normalized spacial score (nSPS) is 11.6. The number of nitriles is 1. The zero-order valence-electron chi connectivity index (χ0n) is 8.93. The van der Waals surface area contributed by atoms with E-state index in [9.17, 15) is 4.79 Å². The smallest absolute Gasteiger partial charge is 0.254 e. The maximum absolute atomic E-state index is 11.6. The lowest BCUT2D eigenvalue weighted by atomic mass is 10.2. The second-order valence-corrected chi connectivity index (χ2v) is 3.14. The van der Waals surface area contributed by atoms with E-state index in [1.807, 2.05) is 6.07 Å². The molecule has 0 radical (unpaired) electrons. The van der Waals surface area contributed by atoms with Crippen molar-refractivity contribution in [3.05, 3.63) is 29.8 Å². The largest absolute Gasteiger partial charge is 0.370 e. The molecule has 16 heavy (non-hydrogen) atoms. The van der Waals surface area contributed by atoms with Crippen molar-refractivity contribution in [3.63, 3.8) is 0 Å². The number of nitrogens with two attached hydrogens (primary N) is 1. The number of hydrogen-bond acceptors (Lipinski definition) is 4. The molecule has 1 rings (SSSR count). The lowest BCUT2D eigenvalue weighted by Gasteiger charge is -2.12. The zero-order valence-corrected chi connectivity index (χ0v) is 8.93. The van der Waals surface area contributed by atoms with Crippen molar-refractivity contribution in [3.8, 4) is 6.07 Å². The molecule has 0 saturated heterocycles. The van der Waals surface area contributed by atoms with Crippen LogP contribution in [0.5, 0.6) is 0 Å². The van der Waals surface area contributed by atoms with E-state index in [1.54, 1.807) is 24.3 Å². The number of anilines is 1. The highest BCUT2D eigenvalue weighted by Crippen LogP contribution is 2.10. The van der Waals surface area contributed by atoms with Crippen LogP contribution in [0.25, 0.3) is 0 Å². The van der Waals surface area contributed by atoms with Gasteiger partial charge in [-0.2, -0.15) is 5.26 Å². The summed E-state index contributed by atoms with van der Waals surface area (Å²) in [5.74, 6) is -0.319. The van der Waals surface area contributed by atoms with Gasteiger partial charge in [-0.3, -0.25) is 4.79 Å². The quantitative estimate of drug-likeness (QED) is 0.770. The van der Waals surface area contributed by atoms with Crippen LogP contribution >= 0.6 is 0 Å². The molecular formula is C11H13N3O2. The van der Waals surface area contributed by atoms with Gasteiger partial charge in [0.25, 0.3) is 5.91 Å². The fraction of sp³-hybridized carbons (Fsp3) is 0.273. The molecular weight excluding hydrogens is 206 g/mol. The van der Waals surface area contributed by atoms with Gasteiger partial charge in [-0.15, -0.1) is 0 Å². The highest BCUT2D eigenvalue weighted by molar-refractivity contribution is 5.94. The van der Waals surface area contributed by atoms with Gasteiger partial charge in [0, 0.05) is 19.3 Å². The molecule has 3 N–H and O–H groups in total. The van der Waals surface area contributed by atoms with E-state index in [2.05, 4.69) is 5.32 Å². The number of amides is 1. The minimum absolute atomic E-state index is 0.111. The predicted molar refractivity (Wildman–Crippen MR) is 59.6 cm³/mol. The third kappa shape index (κ3) is 3.05. The molecule has 1 unspecified atom stereocenters. The predicted octanol–water partition coefficient (Wildman–Crippen LogP) is 0.470. The molecule has 1 atom stereocenters. The highest BCUT2D eigenvalue weighted by atomic mass is 16.5. The summed E-state index contributed by atoms with van der Waals surface area (Å²) in [6.45, 7) is 0.111. The van der Waals surface area contributed by atoms with Crippen molar-refractivity contribution < 1.29 is 9.53 Å². The molecule has 0 aliphatic carbocycles. The fourth-order valence-corrected chi connectivity index (χ4v) is 1.20. The lowest BCUT2D eigenvalue weighted by molar-refractivity contribution is -0.125. The molecule has 0 fully saturated rings. The van der Waals surface area contributed by atoms with Crippen LogP contribution in [0.2, 0.25) is 0 Å². The third-order valence-electron chi connectivity index (χ3n) is 2.05. The van der Waals surface area contributed by atoms with Crippen molar-refractivity contribution >= 4 is 11.6 Å². The first-order chi connectivity index (χ1) is 7.71. The zero-order chi connectivity index (χ0) is 12.0. The van der Waals surface area contributed by atoms with Crippen LogP contribution in [0.4, 0.5) is 5.69 Å². The molecule has 0 spiro atoms. The van der Waals surface area contributed by atoms with E-state index in [0.717, 1.165) is 0 Å². The van der Waals surface area contributed by atoms with Gasteiger partial charge in [0.1, 0.15) is 6.10 Å². The number of benzene rings is 1. The summed E-state index contributed by atoms with van der Waals surface area (Å²) in [5.41, 5.74) is 6.40. The maximum Gasteiger partial charge on any atom is 0.254 e. The van der Waals surface area contributed by atoms with Crippen molar-refractivity contribution in [2.75, 3.05) is 19.0 Å². The molecule has 0 saturated carbocycles. The topological polar surface area (TPSA) is 88.1 Å². The second-order valence-electron chi connectivity index (χ2n) is 3.14. The van der Waals surface area contributed by atoms with E-state index in [0.29, 0.717) is 11.3 Å². The Balaban J connectivity index is 2.73. The molecule has 1 aromatic carbocycles. The van der Waals surface area contributed by atoms with Gasteiger partial charge < -0.3 is 15.8 Å². The summed E-state index contributed by atoms with van der Waals surface area (Å²) in [5, 5.41) is 11.3. The van der Waals surface area contributed by atoms with Crippen molar-refractivity contribution in [2.45, 2.75) is 6.10 Å². The maximum atomic E-state index is 11.6. The number of rotatable bonds is 4. The van der Waals surface area contributed by atoms with Crippen molar-refractivity contribution in [2.24, 2.45) is 5.73 Å². The summed E-state index contributed by atoms with van der Waals surface area (Å²) >= 11 is 0. The van der Waals surface area contributed by atoms with Gasteiger partial charge in [-0.05, 0) is 18.2 Å². The number of methoxy groups -OCH3 is 1. The minimum atomic E-state index is -0.675. The number of carbonyl (C=O) groups is 1. The van der Waals surface area contributed by atoms with Crippen LogP contribution in [0.15, 0.2) is 24.3 Å². The standard InChI is InChI=1S/C11H13N3O2/c1-16-10(7-13)11(15)14-9-4-2-3-8(5-9)6-12/h2-5,10H,7,13H2,1H3,(H,14,15). The van der Waals surface area contributed by atoms with Gasteiger partial charge in [0.05, 0.1) is 11.6 Å². The number of nitrogens with zero attached hydrogens (tertiary/aromatic N) is 1. The van der Waals surface area contributed by atoms with Crippen LogP contribution in [-0.2, 0) is 9.53 Å². The molecule has 0 aromatic heterocycles. The lowest BCUT2D eigenvalue weighted by Crippen LogP contribution is -2.35. The summed E-state index contributed by atoms with van der Waals surface area (Å²) in [6, 6.07) is 8.62. The van der Waals surface area contributed by atoms with E-state index < -0.39 is 6.10 Å². The van der Waals surface area contributed by atoms with E-state index in [4.69, 9.17) is 15.7 Å². The fourth-order valence-electron chi connectivity index (χ4n) is 1.20. The summed E-state index contributed by atoms with van der Waals surface area (Å²) < 4.78 is 4.89. The molecule has 84 valence electrons. The number of hydrogen-bond donors (Lipinski definition) is 2. The van der Waals surface area contributed by atoms with Gasteiger partial charge in [0.15, 0.2) is 0 Å². The Hall–Kier alpha value is -1.90.